The Hall–Kier alpha value is -1.59. The molecular weight excluding hydrogens is 266 g/mol. The topological polar surface area (TPSA) is 98.2 Å². The summed E-state index contributed by atoms with van der Waals surface area (Å²) in [6.45, 7) is 3.78. The zero-order valence-electron chi connectivity index (χ0n) is 11.1. The van der Waals surface area contributed by atoms with Gasteiger partial charge < -0.3 is 16.8 Å². The molecule has 1 unspecified atom stereocenters. The highest BCUT2D eigenvalue weighted by molar-refractivity contribution is 5.94. The highest BCUT2D eigenvalue weighted by Crippen LogP contribution is 2.11. The normalized spacial score (nSPS) is 11.6. The number of hydrogen-bond donors (Lipinski definition) is 3. The molecule has 19 heavy (non-hydrogen) atoms. The van der Waals surface area contributed by atoms with Crippen molar-refractivity contribution in [2.45, 2.75) is 26.3 Å². The van der Waals surface area contributed by atoms with Gasteiger partial charge in [-0.05, 0) is 23.6 Å². The lowest BCUT2D eigenvalue weighted by Gasteiger charge is -2.15. The number of nitrogens with one attached hydrogen (secondary N) is 1. The Labute approximate surface area is 119 Å². The first kappa shape index (κ1) is 17.4. The Morgan fingerprint density at radius 2 is 1.74 bits per heavy atom. The van der Waals surface area contributed by atoms with E-state index < -0.39 is 6.04 Å². The number of halogens is 1. The van der Waals surface area contributed by atoms with Crippen molar-refractivity contribution in [3.63, 3.8) is 0 Å². The van der Waals surface area contributed by atoms with Gasteiger partial charge in [0.15, 0.2) is 0 Å². The number of carbonyl (C=O) groups is 2. The maximum absolute atomic E-state index is 11.7. The molecule has 1 aromatic carbocycles. The largest absolute Gasteiger partial charge is 0.369 e. The molecule has 1 rings (SSSR count). The third-order valence-electron chi connectivity index (χ3n) is 2.62. The second kappa shape index (κ2) is 7.76. The fourth-order valence-electron chi connectivity index (χ4n) is 1.44. The summed E-state index contributed by atoms with van der Waals surface area (Å²) in [6, 6.07) is 6.42. The fraction of sp³-hybridized carbons (Fsp3) is 0.385. The maximum Gasteiger partial charge on any atom is 0.241 e. The molecule has 5 nitrogen and oxygen atoms in total. The van der Waals surface area contributed by atoms with Crippen LogP contribution in [0.1, 0.15) is 19.4 Å². The molecule has 0 saturated carbocycles. The Kier molecular flexibility index (Phi) is 7.11. The molecule has 1 aromatic rings. The minimum Gasteiger partial charge on any atom is -0.369 e. The zero-order valence-corrected chi connectivity index (χ0v) is 11.9. The molecule has 0 fully saturated rings. The third kappa shape index (κ3) is 5.72. The summed E-state index contributed by atoms with van der Waals surface area (Å²) < 4.78 is 0. The molecule has 6 heteroatoms. The van der Waals surface area contributed by atoms with Crippen LogP contribution in [0.3, 0.4) is 0 Å². The molecule has 0 saturated heterocycles. The number of primary amides is 1. The molecule has 106 valence electrons. The highest BCUT2D eigenvalue weighted by Gasteiger charge is 2.16. The van der Waals surface area contributed by atoms with Crippen molar-refractivity contribution >= 4 is 29.9 Å². The standard InChI is InChI=1S/C13H19N3O2.ClH/c1-8(2)12(15)13(18)16-10-5-3-9(4-6-10)7-11(14)17;/h3-6,8,12H,7,15H2,1-2H3,(H2,14,17)(H,16,18);1H. The predicted octanol–water partition coefficient (Wildman–Crippen LogP) is 1.06. The molecule has 5 N–H and O–H groups in total. The fourth-order valence-corrected chi connectivity index (χ4v) is 1.44. The number of amides is 2. The minimum absolute atomic E-state index is 0. The molecule has 0 aromatic heterocycles. The molecule has 0 bridgehead atoms. The monoisotopic (exact) mass is 285 g/mol. The van der Waals surface area contributed by atoms with E-state index >= 15 is 0 Å². The first-order valence-electron chi connectivity index (χ1n) is 5.84. The van der Waals surface area contributed by atoms with Crippen LogP contribution in [0.4, 0.5) is 5.69 Å². The van der Waals surface area contributed by atoms with E-state index in [1.807, 2.05) is 13.8 Å². The Morgan fingerprint density at radius 1 is 1.21 bits per heavy atom. The molecule has 2 amide bonds. The molecule has 1 atom stereocenters. The van der Waals surface area contributed by atoms with E-state index in [1.54, 1.807) is 24.3 Å². The molecule has 0 aliphatic rings. The van der Waals surface area contributed by atoms with E-state index in [0.29, 0.717) is 5.69 Å². The summed E-state index contributed by atoms with van der Waals surface area (Å²) in [4.78, 5) is 22.4. The van der Waals surface area contributed by atoms with E-state index in [0.717, 1.165) is 5.56 Å². The van der Waals surface area contributed by atoms with Crippen LogP contribution < -0.4 is 16.8 Å². The number of benzene rings is 1. The molecule has 0 heterocycles. The molecular formula is C13H20ClN3O2. The lowest BCUT2D eigenvalue weighted by molar-refractivity contribution is -0.118. The lowest BCUT2D eigenvalue weighted by atomic mass is 10.0. The minimum atomic E-state index is -0.532. The van der Waals surface area contributed by atoms with Crippen molar-refractivity contribution < 1.29 is 9.59 Å². The second-order valence-electron chi connectivity index (χ2n) is 4.60. The number of anilines is 1. The quantitative estimate of drug-likeness (QED) is 0.754. The van der Waals surface area contributed by atoms with Crippen LogP contribution in [-0.2, 0) is 16.0 Å². The van der Waals surface area contributed by atoms with Crippen LogP contribution in [0, 0.1) is 5.92 Å². The molecule has 0 radical (unpaired) electrons. The third-order valence-corrected chi connectivity index (χ3v) is 2.62. The smallest absolute Gasteiger partial charge is 0.241 e. The van der Waals surface area contributed by atoms with Crippen molar-refractivity contribution in [3.05, 3.63) is 29.8 Å². The summed E-state index contributed by atoms with van der Waals surface area (Å²) in [5.41, 5.74) is 12.3. The average Bonchev–Trinajstić information content (AvgIpc) is 2.29. The summed E-state index contributed by atoms with van der Waals surface area (Å²) in [5, 5.41) is 2.72. The van der Waals surface area contributed by atoms with Crippen molar-refractivity contribution in [1.29, 1.82) is 0 Å². The number of hydrogen-bond acceptors (Lipinski definition) is 3. The maximum atomic E-state index is 11.7. The Morgan fingerprint density at radius 3 is 2.16 bits per heavy atom. The summed E-state index contributed by atoms with van der Waals surface area (Å²) >= 11 is 0. The zero-order chi connectivity index (χ0) is 13.7. The first-order valence-corrected chi connectivity index (χ1v) is 5.84. The van der Waals surface area contributed by atoms with E-state index in [2.05, 4.69) is 5.32 Å². The van der Waals surface area contributed by atoms with Gasteiger partial charge in [0, 0.05) is 5.69 Å². The SMILES string of the molecule is CC(C)C(N)C(=O)Nc1ccc(CC(N)=O)cc1.Cl. The van der Waals surface area contributed by atoms with Crippen LogP contribution in [0.25, 0.3) is 0 Å². The van der Waals surface area contributed by atoms with E-state index in [9.17, 15) is 9.59 Å². The summed E-state index contributed by atoms with van der Waals surface area (Å²) in [7, 11) is 0. The van der Waals surface area contributed by atoms with Gasteiger partial charge in [-0.2, -0.15) is 0 Å². The van der Waals surface area contributed by atoms with E-state index in [1.165, 1.54) is 0 Å². The van der Waals surface area contributed by atoms with Gasteiger partial charge in [-0.3, -0.25) is 9.59 Å². The van der Waals surface area contributed by atoms with Gasteiger partial charge >= 0.3 is 0 Å². The van der Waals surface area contributed by atoms with Gasteiger partial charge in [0.2, 0.25) is 11.8 Å². The van der Waals surface area contributed by atoms with Crippen LogP contribution in [0.5, 0.6) is 0 Å². The highest BCUT2D eigenvalue weighted by atomic mass is 35.5. The van der Waals surface area contributed by atoms with Crippen LogP contribution in [0.2, 0.25) is 0 Å². The lowest BCUT2D eigenvalue weighted by Crippen LogP contribution is -2.39. The van der Waals surface area contributed by atoms with Crippen molar-refractivity contribution in [2.75, 3.05) is 5.32 Å². The first-order chi connectivity index (χ1) is 8.40. The van der Waals surface area contributed by atoms with Crippen LogP contribution in [-0.4, -0.2) is 17.9 Å². The van der Waals surface area contributed by atoms with E-state index in [4.69, 9.17) is 11.5 Å². The number of rotatable bonds is 5. The van der Waals surface area contributed by atoms with Gasteiger partial charge in [-0.1, -0.05) is 26.0 Å². The van der Waals surface area contributed by atoms with Crippen LogP contribution >= 0.6 is 12.4 Å². The summed E-state index contributed by atoms with van der Waals surface area (Å²) in [5.74, 6) is -0.514. The number of carbonyl (C=O) groups excluding carboxylic acids is 2. The van der Waals surface area contributed by atoms with Crippen molar-refractivity contribution in [1.82, 2.24) is 0 Å². The van der Waals surface area contributed by atoms with Crippen molar-refractivity contribution in [2.24, 2.45) is 17.4 Å². The van der Waals surface area contributed by atoms with Gasteiger partial charge in [0.25, 0.3) is 0 Å². The molecule has 0 spiro atoms. The van der Waals surface area contributed by atoms with Crippen molar-refractivity contribution in [3.8, 4) is 0 Å². The summed E-state index contributed by atoms with van der Waals surface area (Å²) in [6.07, 6.45) is 0.194. The Balaban J connectivity index is 0.00000324. The number of nitrogens with two attached hydrogens (primary N) is 2. The van der Waals surface area contributed by atoms with Gasteiger partial charge in [-0.25, -0.2) is 0 Å². The van der Waals surface area contributed by atoms with E-state index in [-0.39, 0.29) is 36.6 Å². The average molecular weight is 286 g/mol. The second-order valence-corrected chi connectivity index (χ2v) is 4.60. The van der Waals surface area contributed by atoms with Crippen LogP contribution in [0.15, 0.2) is 24.3 Å². The van der Waals surface area contributed by atoms with Gasteiger partial charge in [0.1, 0.15) is 0 Å². The Bertz CT molecular complexity index is 432. The predicted molar refractivity (Wildman–Crippen MR) is 78.0 cm³/mol. The molecule has 0 aliphatic carbocycles. The van der Waals surface area contributed by atoms with Gasteiger partial charge in [0.05, 0.1) is 12.5 Å². The molecule has 0 aliphatic heterocycles. The van der Waals surface area contributed by atoms with Gasteiger partial charge in [-0.15, -0.1) is 12.4 Å².